The Morgan fingerprint density at radius 1 is 1.14 bits per heavy atom. The molecule has 28 heavy (non-hydrogen) atoms. The van der Waals surface area contributed by atoms with Gasteiger partial charge in [-0.25, -0.2) is 8.42 Å². The number of halogens is 1. The molecule has 2 saturated heterocycles. The molecule has 1 atom stereocenters. The summed E-state index contributed by atoms with van der Waals surface area (Å²) >= 11 is 0. The first-order valence-electron chi connectivity index (χ1n) is 10.1. The number of nitrogens with one attached hydrogen (secondary N) is 2. The summed E-state index contributed by atoms with van der Waals surface area (Å²) in [5, 5.41) is 6.32. The highest BCUT2D eigenvalue weighted by Gasteiger charge is 2.25. The van der Waals surface area contributed by atoms with Gasteiger partial charge < -0.3 is 10.6 Å². The summed E-state index contributed by atoms with van der Waals surface area (Å²) in [6, 6.07) is 7.00. The van der Waals surface area contributed by atoms with Crippen LogP contribution in [0.5, 0.6) is 0 Å². The van der Waals surface area contributed by atoms with E-state index in [2.05, 4.69) is 10.6 Å². The normalized spacial score (nSPS) is 20.5. The van der Waals surface area contributed by atoms with Crippen LogP contribution in [0.15, 0.2) is 29.2 Å². The Balaban J connectivity index is 0.00000280. The molecule has 2 fully saturated rings. The highest BCUT2D eigenvalue weighted by Crippen LogP contribution is 2.21. The third-order valence-corrected chi connectivity index (χ3v) is 7.47. The number of sulfonamides is 1. The van der Waals surface area contributed by atoms with Gasteiger partial charge >= 0.3 is 0 Å². The standard InChI is InChI=1S/C20H31N3O3S.ClH/c24-20(22-13-11-18-10-12-21-16-18)9-6-17-4-7-19(8-5-17)27(25,26)23-14-2-1-3-15-23;/h4-5,7-8,18,21H,1-3,6,9-16H2,(H,22,24);1H. The molecule has 2 aliphatic rings. The summed E-state index contributed by atoms with van der Waals surface area (Å²) in [5.41, 5.74) is 0.989. The molecule has 0 aromatic heterocycles. The minimum absolute atomic E-state index is 0. The monoisotopic (exact) mass is 429 g/mol. The lowest BCUT2D eigenvalue weighted by Gasteiger charge is -2.25. The molecule has 0 bridgehead atoms. The Morgan fingerprint density at radius 2 is 1.86 bits per heavy atom. The second-order valence-electron chi connectivity index (χ2n) is 7.61. The fourth-order valence-corrected chi connectivity index (χ4v) is 5.32. The van der Waals surface area contributed by atoms with Crippen molar-refractivity contribution in [3.05, 3.63) is 29.8 Å². The van der Waals surface area contributed by atoms with Crippen LogP contribution in [0.1, 0.15) is 44.1 Å². The number of nitrogens with zero attached hydrogens (tertiary/aromatic N) is 1. The summed E-state index contributed by atoms with van der Waals surface area (Å²) in [7, 11) is -3.38. The Hall–Kier alpha value is -1.15. The molecule has 3 rings (SSSR count). The molecular weight excluding hydrogens is 398 g/mol. The molecule has 1 unspecified atom stereocenters. The van der Waals surface area contributed by atoms with Crippen LogP contribution < -0.4 is 10.6 Å². The van der Waals surface area contributed by atoms with Gasteiger partial charge in [-0.2, -0.15) is 4.31 Å². The second kappa shape index (κ2) is 11.1. The van der Waals surface area contributed by atoms with Crippen molar-refractivity contribution >= 4 is 28.3 Å². The zero-order valence-corrected chi connectivity index (χ0v) is 18.0. The van der Waals surface area contributed by atoms with E-state index in [1.807, 2.05) is 12.1 Å². The van der Waals surface area contributed by atoms with Crippen molar-refractivity contribution in [2.24, 2.45) is 5.92 Å². The molecule has 1 amide bonds. The van der Waals surface area contributed by atoms with Crippen molar-refractivity contribution < 1.29 is 13.2 Å². The van der Waals surface area contributed by atoms with Crippen LogP contribution in [-0.2, 0) is 21.2 Å². The van der Waals surface area contributed by atoms with Crippen molar-refractivity contribution in [1.82, 2.24) is 14.9 Å². The predicted molar refractivity (Wildman–Crippen MR) is 113 cm³/mol. The van der Waals surface area contributed by atoms with Gasteiger partial charge in [-0.15, -0.1) is 12.4 Å². The Kier molecular flexibility index (Phi) is 9.21. The summed E-state index contributed by atoms with van der Waals surface area (Å²) in [6.45, 7) is 4.10. The van der Waals surface area contributed by atoms with Crippen LogP contribution in [0, 0.1) is 5.92 Å². The summed E-state index contributed by atoms with van der Waals surface area (Å²) in [6.07, 6.45) is 6.25. The van der Waals surface area contributed by atoms with E-state index in [0.717, 1.165) is 50.9 Å². The molecule has 0 spiro atoms. The predicted octanol–water partition coefficient (Wildman–Crippen LogP) is 2.33. The van der Waals surface area contributed by atoms with Crippen LogP contribution >= 0.6 is 12.4 Å². The number of hydrogen-bond donors (Lipinski definition) is 2. The van der Waals surface area contributed by atoms with Gasteiger partial charge in [0.15, 0.2) is 0 Å². The molecular formula is C20H32ClN3O3S. The highest BCUT2D eigenvalue weighted by molar-refractivity contribution is 7.89. The van der Waals surface area contributed by atoms with E-state index in [4.69, 9.17) is 0 Å². The van der Waals surface area contributed by atoms with Crippen molar-refractivity contribution in [1.29, 1.82) is 0 Å². The van der Waals surface area contributed by atoms with Gasteiger partial charge in [0.25, 0.3) is 0 Å². The van der Waals surface area contributed by atoms with Crippen molar-refractivity contribution in [2.75, 3.05) is 32.7 Å². The smallest absolute Gasteiger partial charge is 0.243 e. The average Bonchev–Trinajstić information content (AvgIpc) is 3.21. The SMILES string of the molecule is Cl.O=C(CCc1ccc(S(=O)(=O)N2CCCCC2)cc1)NCCC1CCNC1. The molecule has 1 aromatic rings. The van der Waals surface area contributed by atoms with E-state index in [0.29, 0.717) is 36.7 Å². The Bertz CT molecular complexity index is 713. The van der Waals surface area contributed by atoms with E-state index in [9.17, 15) is 13.2 Å². The molecule has 1 aromatic carbocycles. The van der Waals surface area contributed by atoms with E-state index >= 15 is 0 Å². The maximum Gasteiger partial charge on any atom is 0.243 e. The molecule has 0 aliphatic carbocycles. The molecule has 0 radical (unpaired) electrons. The maximum absolute atomic E-state index is 12.6. The molecule has 2 heterocycles. The van der Waals surface area contributed by atoms with Gasteiger partial charge in [-0.1, -0.05) is 18.6 Å². The van der Waals surface area contributed by atoms with Gasteiger partial charge in [-0.3, -0.25) is 4.79 Å². The molecule has 158 valence electrons. The summed E-state index contributed by atoms with van der Waals surface area (Å²) < 4.78 is 26.9. The fourth-order valence-electron chi connectivity index (χ4n) is 3.81. The van der Waals surface area contributed by atoms with Gasteiger partial charge in [-0.05, 0) is 68.8 Å². The van der Waals surface area contributed by atoms with Crippen LogP contribution in [-0.4, -0.2) is 51.4 Å². The van der Waals surface area contributed by atoms with Crippen LogP contribution in [0.3, 0.4) is 0 Å². The lowest BCUT2D eigenvalue weighted by Crippen LogP contribution is -2.35. The average molecular weight is 430 g/mol. The highest BCUT2D eigenvalue weighted by atomic mass is 35.5. The number of rotatable bonds is 8. The first-order valence-corrected chi connectivity index (χ1v) is 11.6. The van der Waals surface area contributed by atoms with Crippen molar-refractivity contribution in [3.63, 3.8) is 0 Å². The minimum atomic E-state index is -3.38. The molecule has 2 N–H and O–H groups in total. The number of carbonyl (C=O) groups is 1. The number of amides is 1. The van der Waals surface area contributed by atoms with Gasteiger partial charge in [0, 0.05) is 26.1 Å². The van der Waals surface area contributed by atoms with E-state index < -0.39 is 10.0 Å². The number of hydrogen-bond acceptors (Lipinski definition) is 4. The van der Waals surface area contributed by atoms with Crippen LogP contribution in [0.2, 0.25) is 0 Å². The fraction of sp³-hybridized carbons (Fsp3) is 0.650. The van der Waals surface area contributed by atoms with Gasteiger partial charge in [0.2, 0.25) is 15.9 Å². The number of piperidine rings is 1. The third kappa shape index (κ3) is 6.44. The quantitative estimate of drug-likeness (QED) is 0.664. The zero-order chi connectivity index (χ0) is 19.1. The first-order chi connectivity index (χ1) is 13.1. The molecule has 8 heteroatoms. The number of carbonyl (C=O) groups excluding carboxylic acids is 1. The lowest BCUT2D eigenvalue weighted by molar-refractivity contribution is -0.121. The van der Waals surface area contributed by atoms with Crippen molar-refractivity contribution in [3.8, 4) is 0 Å². The Morgan fingerprint density at radius 3 is 2.50 bits per heavy atom. The summed E-state index contributed by atoms with van der Waals surface area (Å²) in [4.78, 5) is 12.3. The topological polar surface area (TPSA) is 78.5 Å². The maximum atomic E-state index is 12.6. The van der Waals surface area contributed by atoms with Crippen molar-refractivity contribution in [2.45, 2.75) is 49.8 Å². The minimum Gasteiger partial charge on any atom is -0.356 e. The van der Waals surface area contributed by atoms with Crippen LogP contribution in [0.4, 0.5) is 0 Å². The first kappa shape index (κ1) is 23.1. The van der Waals surface area contributed by atoms with E-state index in [1.165, 1.54) is 6.42 Å². The molecule has 2 aliphatic heterocycles. The molecule has 0 saturated carbocycles. The lowest BCUT2D eigenvalue weighted by atomic mass is 10.1. The number of benzene rings is 1. The zero-order valence-electron chi connectivity index (χ0n) is 16.4. The van der Waals surface area contributed by atoms with Gasteiger partial charge in [0.05, 0.1) is 4.90 Å². The Labute approximate surface area is 174 Å². The second-order valence-corrected chi connectivity index (χ2v) is 9.54. The third-order valence-electron chi connectivity index (χ3n) is 5.55. The van der Waals surface area contributed by atoms with E-state index in [-0.39, 0.29) is 18.3 Å². The van der Waals surface area contributed by atoms with Gasteiger partial charge in [0.1, 0.15) is 0 Å². The summed E-state index contributed by atoms with van der Waals surface area (Å²) in [5.74, 6) is 0.741. The van der Waals surface area contributed by atoms with E-state index in [1.54, 1.807) is 16.4 Å². The molecule has 6 nitrogen and oxygen atoms in total. The van der Waals surface area contributed by atoms with Crippen LogP contribution in [0.25, 0.3) is 0 Å². The number of aryl methyl sites for hydroxylation is 1. The largest absolute Gasteiger partial charge is 0.356 e.